The molecule has 0 radical (unpaired) electrons. The van der Waals surface area contributed by atoms with Crippen molar-refractivity contribution in [2.45, 2.75) is 0 Å². The highest BCUT2D eigenvalue weighted by Crippen LogP contribution is 2.41. The largest absolute Gasteiger partial charge is 0.456 e. The first kappa shape index (κ1) is 23.8. The molecule has 0 aliphatic heterocycles. The van der Waals surface area contributed by atoms with Crippen molar-refractivity contribution in [1.82, 2.24) is 0 Å². The summed E-state index contributed by atoms with van der Waals surface area (Å²) in [7, 11) is 0. The Morgan fingerprint density at radius 1 is 0.372 bits per heavy atom. The topological polar surface area (TPSA) is 36.9 Å². The van der Waals surface area contributed by atoms with Crippen LogP contribution in [-0.2, 0) is 0 Å². The Morgan fingerprint density at radius 3 is 1.74 bits per heavy atom. The molecule has 2 heteroatoms. The second-order valence-corrected chi connectivity index (χ2v) is 11.3. The molecular formula is C41H23NO. The van der Waals surface area contributed by atoms with Gasteiger partial charge in [0.25, 0.3) is 0 Å². The van der Waals surface area contributed by atoms with E-state index >= 15 is 0 Å². The molecule has 0 fully saturated rings. The van der Waals surface area contributed by atoms with E-state index in [1.807, 2.05) is 30.3 Å². The molecule has 43 heavy (non-hydrogen) atoms. The van der Waals surface area contributed by atoms with Gasteiger partial charge in [-0.15, -0.1) is 0 Å². The van der Waals surface area contributed by atoms with E-state index in [2.05, 4.69) is 115 Å². The number of nitriles is 1. The number of nitrogens with zero attached hydrogens (tertiary/aromatic N) is 1. The molecule has 9 aromatic rings. The fourth-order valence-corrected chi connectivity index (χ4v) is 6.73. The summed E-state index contributed by atoms with van der Waals surface area (Å²) < 4.78 is 6.29. The summed E-state index contributed by atoms with van der Waals surface area (Å²) in [4.78, 5) is 0. The minimum Gasteiger partial charge on any atom is -0.456 e. The van der Waals surface area contributed by atoms with Crippen LogP contribution in [0.1, 0.15) is 5.56 Å². The van der Waals surface area contributed by atoms with E-state index in [0.717, 1.165) is 33.1 Å². The van der Waals surface area contributed by atoms with E-state index in [4.69, 9.17) is 4.42 Å². The van der Waals surface area contributed by atoms with Gasteiger partial charge in [0, 0.05) is 10.8 Å². The molecule has 0 bridgehead atoms. The summed E-state index contributed by atoms with van der Waals surface area (Å²) in [5.74, 6) is 0. The molecule has 1 aromatic heterocycles. The molecule has 0 amide bonds. The summed E-state index contributed by atoms with van der Waals surface area (Å²) in [5.41, 5.74) is 7.02. The number of fused-ring (bicyclic) bond motifs is 10. The van der Waals surface area contributed by atoms with Gasteiger partial charge >= 0.3 is 0 Å². The molecule has 0 atom stereocenters. The summed E-state index contributed by atoms with van der Waals surface area (Å²) >= 11 is 0. The molecule has 9 rings (SSSR count). The standard InChI is InChI=1S/C41H23NO/c42-24-25-6-5-7-27(18-25)28-14-12-26-13-15-29(20-31(26)19-28)30-16-17-34-36(21-30)32-8-1-2-9-33(32)37-22-39-35-10-3-4-11-40(35)43-41(39)23-38(34)37/h1-23H. The van der Waals surface area contributed by atoms with Crippen LogP contribution in [0.3, 0.4) is 0 Å². The van der Waals surface area contributed by atoms with Crippen LogP contribution in [0.25, 0.3) is 87.3 Å². The van der Waals surface area contributed by atoms with Crippen LogP contribution in [0.4, 0.5) is 0 Å². The predicted molar refractivity (Wildman–Crippen MR) is 179 cm³/mol. The molecule has 0 aliphatic carbocycles. The fraction of sp³-hybridized carbons (Fsp3) is 0. The Balaban J connectivity index is 1.25. The Hall–Kier alpha value is -5.91. The van der Waals surface area contributed by atoms with Crippen molar-refractivity contribution in [2.24, 2.45) is 0 Å². The van der Waals surface area contributed by atoms with Crippen molar-refractivity contribution < 1.29 is 4.42 Å². The van der Waals surface area contributed by atoms with Gasteiger partial charge in [-0.1, -0.05) is 91.0 Å². The zero-order valence-electron chi connectivity index (χ0n) is 23.1. The van der Waals surface area contributed by atoms with Gasteiger partial charge in [0.05, 0.1) is 11.6 Å². The minimum absolute atomic E-state index is 0.670. The number of para-hydroxylation sites is 1. The molecule has 0 saturated heterocycles. The molecule has 1 heterocycles. The number of benzene rings is 8. The first-order valence-corrected chi connectivity index (χ1v) is 14.5. The van der Waals surface area contributed by atoms with E-state index in [1.54, 1.807) is 0 Å². The lowest BCUT2D eigenvalue weighted by atomic mass is 9.90. The monoisotopic (exact) mass is 545 g/mol. The number of furan rings is 1. The van der Waals surface area contributed by atoms with Gasteiger partial charge in [-0.2, -0.15) is 5.26 Å². The Labute approximate surface area is 247 Å². The summed E-state index contributed by atoms with van der Waals surface area (Å²) in [6.45, 7) is 0. The maximum Gasteiger partial charge on any atom is 0.136 e. The molecule has 0 unspecified atom stereocenters. The average Bonchev–Trinajstić information content (AvgIpc) is 3.44. The van der Waals surface area contributed by atoms with Gasteiger partial charge in [-0.3, -0.25) is 0 Å². The molecule has 0 saturated carbocycles. The molecule has 0 aliphatic rings. The van der Waals surface area contributed by atoms with Gasteiger partial charge in [0.15, 0.2) is 0 Å². The molecule has 198 valence electrons. The predicted octanol–water partition coefficient (Wildman–Crippen LogP) is 11.4. The van der Waals surface area contributed by atoms with Gasteiger partial charge in [0.1, 0.15) is 11.2 Å². The summed E-state index contributed by atoms with van der Waals surface area (Å²) in [6.07, 6.45) is 0. The van der Waals surface area contributed by atoms with Crippen molar-refractivity contribution in [3.8, 4) is 28.3 Å². The lowest BCUT2D eigenvalue weighted by Crippen LogP contribution is -1.86. The van der Waals surface area contributed by atoms with Crippen molar-refractivity contribution in [3.05, 3.63) is 145 Å². The lowest BCUT2D eigenvalue weighted by molar-refractivity contribution is 0.669. The van der Waals surface area contributed by atoms with Crippen LogP contribution in [0.2, 0.25) is 0 Å². The fourth-order valence-electron chi connectivity index (χ4n) is 6.73. The van der Waals surface area contributed by atoms with Crippen LogP contribution in [0.5, 0.6) is 0 Å². The van der Waals surface area contributed by atoms with Gasteiger partial charge < -0.3 is 4.42 Å². The van der Waals surface area contributed by atoms with Crippen molar-refractivity contribution >= 4 is 65.0 Å². The van der Waals surface area contributed by atoms with Crippen molar-refractivity contribution in [1.29, 1.82) is 5.26 Å². The molecule has 2 nitrogen and oxygen atoms in total. The quantitative estimate of drug-likeness (QED) is 0.203. The SMILES string of the molecule is N#Cc1cccc(-c2ccc3ccc(-c4ccc5c(c4)c4ccccc4c4cc6c(cc54)oc4ccccc46)cc3c2)c1. The molecule has 0 N–H and O–H groups in total. The van der Waals surface area contributed by atoms with Crippen LogP contribution >= 0.6 is 0 Å². The van der Waals surface area contributed by atoms with E-state index in [-0.39, 0.29) is 0 Å². The second kappa shape index (κ2) is 9.05. The molecule has 0 spiro atoms. The Morgan fingerprint density at radius 2 is 0.977 bits per heavy atom. The number of hydrogen-bond donors (Lipinski definition) is 0. The minimum atomic E-state index is 0.670. The second-order valence-electron chi connectivity index (χ2n) is 11.3. The van der Waals surface area contributed by atoms with Crippen LogP contribution in [0.15, 0.2) is 144 Å². The van der Waals surface area contributed by atoms with Gasteiger partial charge in [0.2, 0.25) is 0 Å². The van der Waals surface area contributed by atoms with E-state index in [1.165, 1.54) is 54.2 Å². The highest BCUT2D eigenvalue weighted by atomic mass is 16.3. The zero-order chi connectivity index (χ0) is 28.5. The van der Waals surface area contributed by atoms with Crippen LogP contribution in [-0.4, -0.2) is 0 Å². The number of rotatable bonds is 2. The van der Waals surface area contributed by atoms with Gasteiger partial charge in [-0.05, 0) is 114 Å². The van der Waals surface area contributed by atoms with Crippen molar-refractivity contribution in [3.63, 3.8) is 0 Å². The third-order valence-electron chi connectivity index (χ3n) is 8.83. The Bertz CT molecular complexity index is 2630. The third-order valence-corrected chi connectivity index (χ3v) is 8.83. The third kappa shape index (κ3) is 3.66. The van der Waals surface area contributed by atoms with Crippen LogP contribution in [0, 0.1) is 11.3 Å². The maximum atomic E-state index is 9.36. The smallest absolute Gasteiger partial charge is 0.136 e. The number of hydrogen-bond acceptors (Lipinski definition) is 2. The molecule has 8 aromatic carbocycles. The zero-order valence-corrected chi connectivity index (χ0v) is 23.1. The molecular weight excluding hydrogens is 522 g/mol. The lowest BCUT2D eigenvalue weighted by Gasteiger charge is -2.13. The average molecular weight is 546 g/mol. The van der Waals surface area contributed by atoms with E-state index < -0.39 is 0 Å². The maximum absolute atomic E-state index is 9.36. The highest BCUT2D eigenvalue weighted by molar-refractivity contribution is 6.28. The Kier molecular flexibility index (Phi) is 5.00. The normalized spacial score (nSPS) is 11.7. The van der Waals surface area contributed by atoms with Crippen molar-refractivity contribution in [2.75, 3.05) is 0 Å². The summed E-state index contributed by atoms with van der Waals surface area (Å²) in [6, 6.07) is 51.6. The highest BCUT2D eigenvalue weighted by Gasteiger charge is 2.14. The first-order valence-electron chi connectivity index (χ1n) is 14.5. The first-order chi connectivity index (χ1) is 21.2. The van der Waals surface area contributed by atoms with Gasteiger partial charge in [-0.25, -0.2) is 0 Å². The van der Waals surface area contributed by atoms with Crippen LogP contribution < -0.4 is 0 Å². The summed E-state index contributed by atoms with van der Waals surface area (Å²) in [5, 5.41) is 21.4. The van der Waals surface area contributed by atoms with E-state index in [0.29, 0.717) is 5.56 Å². The van der Waals surface area contributed by atoms with E-state index in [9.17, 15) is 5.26 Å².